The monoisotopic (exact) mass is 294 g/mol. The summed E-state index contributed by atoms with van der Waals surface area (Å²) >= 11 is 0. The molecule has 2 N–H and O–H groups in total. The molecule has 1 aliphatic carbocycles. The summed E-state index contributed by atoms with van der Waals surface area (Å²) in [7, 11) is -3.71. The molecule has 0 bridgehead atoms. The van der Waals surface area contributed by atoms with E-state index in [9.17, 15) is 13.2 Å². The molecule has 0 spiro atoms. The van der Waals surface area contributed by atoms with Crippen molar-refractivity contribution in [3.63, 3.8) is 0 Å². The first kappa shape index (κ1) is 14.5. The number of nitriles is 1. The molecule has 0 saturated heterocycles. The van der Waals surface area contributed by atoms with Gasteiger partial charge in [-0.2, -0.15) is 5.26 Å². The van der Waals surface area contributed by atoms with Gasteiger partial charge in [0.2, 0.25) is 10.0 Å². The zero-order valence-electron chi connectivity index (χ0n) is 10.7. The van der Waals surface area contributed by atoms with Gasteiger partial charge in [-0.3, -0.25) is 4.79 Å². The van der Waals surface area contributed by atoms with Crippen LogP contribution in [-0.2, 0) is 21.2 Å². The number of carboxylic acid groups (broad SMARTS) is 1. The molecule has 106 valence electrons. The van der Waals surface area contributed by atoms with E-state index in [4.69, 9.17) is 10.4 Å². The molecule has 0 aliphatic heterocycles. The molecule has 1 saturated carbocycles. The van der Waals surface area contributed by atoms with E-state index in [1.54, 1.807) is 12.1 Å². The van der Waals surface area contributed by atoms with Gasteiger partial charge in [0, 0.05) is 6.54 Å². The van der Waals surface area contributed by atoms with Crippen molar-refractivity contribution in [1.29, 1.82) is 5.26 Å². The summed E-state index contributed by atoms with van der Waals surface area (Å²) in [6.45, 7) is -0.0926. The zero-order valence-corrected chi connectivity index (χ0v) is 11.5. The number of nitrogens with zero attached hydrogens (tertiary/aromatic N) is 1. The topological polar surface area (TPSA) is 107 Å². The molecule has 2 rings (SSSR count). The molecular weight excluding hydrogens is 280 g/mol. The van der Waals surface area contributed by atoms with Crippen molar-refractivity contribution in [2.45, 2.75) is 24.2 Å². The Bertz CT molecular complexity index is 655. The largest absolute Gasteiger partial charge is 0.481 e. The van der Waals surface area contributed by atoms with Crippen LogP contribution in [-0.4, -0.2) is 26.0 Å². The summed E-state index contributed by atoms with van der Waals surface area (Å²) in [4.78, 5) is 11.1. The maximum Gasteiger partial charge on any atom is 0.310 e. The van der Waals surface area contributed by atoms with Crippen LogP contribution < -0.4 is 4.72 Å². The predicted molar refractivity (Wildman–Crippen MR) is 70.3 cm³/mol. The fourth-order valence-electron chi connectivity index (χ4n) is 1.81. The average molecular weight is 294 g/mol. The Kier molecular flexibility index (Phi) is 3.79. The van der Waals surface area contributed by atoms with E-state index in [0.717, 1.165) is 5.56 Å². The summed E-state index contributed by atoms with van der Waals surface area (Å²) in [6, 6.07) is 7.94. The van der Waals surface area contributed by atoms with Crippen LogP contribution in [0.15, 0.2) is 29.2 Å². The van der Waals surface area contributed by atoms with Gasteiger partial charge in [0.15, 0.2) is 0 Å². The van der Waals surface area contributed by atoms with Crippen LogP contribution in [0, 0.1) is 16.7 Å². The maximum atomic E-state index is 12.0. The van der Waals surface area contributed by atoms with E-state index >= 15 is 0 Å². The minimum atomic E-state index is -3.71. The first-order chi connectivity index (χ1) is 9.39. The number of benzene rings is 1. The molecule has 0 aromatic heterocycles. The summed E-state index contributed by atoms with van der Waals surface area (Å²) < 4.78 is 26.4. The van der Waals surface area contributed by atoms with Gasteiger partial charge < -0.3 is 5.11 Å². The number of rotatable bonds is 6. The van der Waals surface area contributed by atoms with Gasteiger partial charge in [-0.1, -0.05) is 12.1 Å². The molecule has 0 unspecified atom stereocenters. The van der Waals surface area contributed by atoms with Gasteiger partial charge >= 0.3 is 5.97 Å². The summed E-state index contributed by atoms with van der Waals surface area (Å²) in [6.07, 6.45) is 1.20. The molecule has 0 heterocycles. The van der Waals surface area contributed by atoms with Crippen LogP contribution in [0.3, 0.4) is 0 Å². The lowest BCUT2D eigenvalue weighted by Gasteiger charge is -2.11. The van der Waals surface area contributed by atoms with E-state index in [2.05, 4.69) is 4.72 Å². The Hall–Kier alpha value is -1.91. The van der Waals surface area contributed by atoms with Crippen molar-refractivity contribution in [2.75, 3.05) is 6.54 Å². The van der Waals surface area contributed by atoms with Crippen LogP contribution in [0.2, 0.25) is 0 Å². The molecule has 1 fully saturated rings. The second-order valence-corrected chi connectivity index (χ2v) is 6.66. The fourth-order valence-corrected chi connectivity index (χ4v) is 2.94. The summed E-state index contributed by atoms with van der Waals surface area (Å²) in [5.74, 6) is -0.968. The molecule has 1 aromatic rings. The van der Waals surface area contributed by atoms with Crippen molar-refractivity contribution >= 4 is 16.0 Å². The zero-order chi connectivity index (χ0) is 14.8. The third-order valence-electron chi connectivity index (χ3n) is 3.42. The van der Waals surface area contributed by atoms with Crippen LogP contribution in [0.4, 0.5) is 0 Å². The van der Waals surface area contributed by atoms with Crippen molar-refractivity contribution in [3.8, 4) is 6.07 Å². The molecule has 0 amide bonds. The summed E-state index contributed by atoms with van der Waals surface area (Å²) in [5, 5.41) is 17.5. The summed E-state index contributed by atoms with van der Waals surface area (Å²) in [5.41, 5.74) is -0.205. The number of hydrogen-bond acceptors (Lipinski definition) is 4. The number of carboxylic acids is 1. The fraction of sp³-hybridized carbons (Fsp3) is 0.385. The Morgan fingerprint density at radius 3 is 2.40 bits per heavy atom. The van der Waals surface area contributed by atoms with Crippen LogP contribution >= 0.6 is 0 Å². The lowest BCUT2D eigenvalue weighted by molar-refractivity contribution is -0.143. The number of nitrogens with one attached hydrogen (secondary N) is 1. The molecule has 7 heteroatoms. The van der Waals surface area contributed by atoms with Crippen molar-refractivity contribution in [3.05, 3.63) is 29.8 Å². The van der Waals surface area contributed by atoms with E-state index in [1.165, 1.54) is 12.1 Å². The van der Waals surface area contributed by atoms with Crippen molar-refractivity contribution in [2.24, 2.45) is 5.41 Å². The van der Waals surface area contributed by atoms with E-state index in [1.807, 2.05) is 6.07 Å². The van der Waals surface area contributed by atoms with E-state index < -0.39 is 21.4 Å². The lowest BCUT2D eigenvalue weighted by Crippen LogP contribution is -2.34. The third-order valence-corrected chi connectivity index (χ3v) is 4.84. The van der Waals surface area contributed by atoms with Gasteiger partial charge in [-0.25, -0.2) is 13.1 Å². The predicted octanol–water partition coefficient (Wildman–Crippen LogP) is 0.896. The van der Waals surface area contributed by atoms with Gasteiger partial charge in [-0.05, 0) is 30.5 Å². The number of aliphatic carboxylic acids is 1. The van der Waals surface area contributed by atoms with E-state index in [0.29, 0.717) is 12.8 Å². The van der Waals surface area contributed by atoms with Gasteiger partial charge in [0.25, 0.3) is 0 Å². The first-order valence-corrected chi connectivity index (χ1v) is 7.57. The SMILES string of the molecule is N#CCc1ccc(S(=O)(=O)NCC2(C(=O)O)CC2)cc1. The molecule has 6 nitrogen and oxygen atoms in total. The van der Waals surface area contributed by atoms with Gasteiger partial charge in [-0.15, -0.1) is 0 Å². The minimum Gasteiger partial charge on any atom is -0.481 e. The van der Waals surface area contributed by atoms with Crippen molar-refractivity contribution in [1.82, 2.24) is 4.72 Å². The minimum absolute atomic E-state index is 0.0698. The highest BCUT2D eigenvalue weighted by molar-refractivity contribution is 7.89. The first-order valence-electron chi connectivity index (χ1n) is 6.09. The standard InChI is InChI=1S/C13H14N2O4S/c14-8-5-10-1-3-11(4-2-10)20(18,19)15-9-13(6-7-13)12(16)17/h1-4,15H,5-7,9H2,(H,16,17). The number of hydrogen-bond donors (Lipinski definition) is 2. The molecule has 20 heavy (non-hydrogen) atoms. The normalized spacial score (nSPS) is 16.4. The number of carbonyl (C=O) groups is 1. The highest BCUT2D eigenvalue weighted by Crippen LogP contribution is 2.45. The second-order valence-electron chi connectivity index (χ2n) is 4.89. The third kappa shape index (κ3) is 2.98. The van der Waals surface area contributed by atoms with E-state index in [-0.39, 0.29) is 17.9 Å². The van der Waals surface area contributed by atoms with Crippen LogP contribution in [0.5, 0.6) is 0 Å². The van der Waals surface area contributed by atoms with Crippen LogP contribution in [0.1, 0.15) is 18.4 Å². The quantitative estimate of drug-likeness (QED) is 0.810. The van der Waals surface area contributed by atoms with Gasteiger partial charge in [0.1, 0.15) is 0 Å². The molecular formula is C13H14N2O4S. The van der Waals surface area contributed by atoms with Crippen LogP contribution in [0.25, 0.3) is 0 Å². The Morgan fingerprint density at radius 2 is 1.95 bits per heavy atom. The number of sulfonamides is 1. The molecule has 1 aromatic carbocycles. The van der Waals surface area contributed by atoms with Gasteiger partial charge in [0.05, 0.1) is 22.8 Å². The second kappa shape index (κ2) is 5.23. The Labute approximate surface area is 117 Å². The highest BCUT2D eigenvalue weighted by atomic mass is 32.2. The molecule has 1 aliphatic rings. The highest BCUT2D eigenvalue weighted by Gasteiger charge is 2.50. The molecule has 0 atom stereocenters. The maximum absolute atomic E-state index is 12.0. The lowest BCUT2D eigenvalue weighted by atomic mass is 10.1. The average Bonchev–Trinajstić information content (AvgIpc) is 3.19. The smallest absolute Gasteiger partial charge is 0.310 e. The Morgan fingerprint density at radius 1 is 1.35 bits per heavy atom. The molecule has 0 radical (unpaired) electrons. The Balaban J connectivity index is 2.07. The van der Waals surface area contributed by atoms with Crippen molar-refractivity contribution < 1.29 is 18.3 Å².